The normalized spacial score (nSPS) is 10.7. The maximum atomic E-state index is 12.5. The van der Waals surface area contributed by atoms with Gasteiger partial charge in [-0.25, -0.2) is 14.3 Å². The summed E-state index contributed by atoms with van der Waals surface area (Å²) in [4.78, 5) is 28.6. The van der Waals surface area contributed by atoms with Crippen LogP contribution in [0.25, 0.3) is 11.4 Å². The first-order valence-corrected chi connectivity index (χ1v) is 8.31. The summed E-state index contributed by atoms with van der Waals surface area (Å²) in [6, 6.07) is 17.9. The molecule has 2 heterocycles. The van der Waals surface area contributed by atoms with E-state index in [1.54, 1.807) is 23.1 Å². The fourth-order valence-corrected chi connectivity index (χ4v) is 2.77. The van der Waals surface area contributed by atoms with Gasteiger partial charge in [0.15, 0.2) is 0 Å². The molecule has 0 bridgehead atoms. The average molecular weight is 360 g/mol. The number of rotatable bonds is 5. The Morgan fingerprint density at radius 2 is 1.85 bits per heavy atom. The van der Waals surface area contributed by atoms with Crippen molar-refractivity contribution in [2.45, 2.75) is 6.54 Å². The Morgan fingerprint density at radius 3 is 2.63 bits per heavy atom. The summed E-state index contributed by atoms with van der Waals surface area (Å²) in [7, 11) is 0. The predicted molar refractivity (Wildman–Crippen MR) is 98.9 cm³/mol. The second kappa shape index (κ2) is 7.12. The summed E-state index contributed by atoms with van der Waals surface area (Å²) >= 11 is 0. The molecular formula is C19H16N6O2. The van der Waals surface area contributed by atoms with Crippen molar-refractivity contribution in [2.75, 3.05) is 0 Å². The van der Waals surface area contributed by atoms with E-state index in [1.165, 1.54) is 17.1 Å². The molecule has 0 radical (unpaired) electrons. The number of aromatic amines is 1. The molecule has 0 atom stereocenters. The van der Waals surface area contributed by atoms with E-state index in [0.29, 0.717) is 5.69 Å². The van der Waals surface area contributed by atoms with E-state index in [4.69, 9.17) is 0 Å². The smallest absolute Gasteiger partial charge is 0.271 e. The molecule has 0 unspecified atom stereocenters. The van der Waals surface area contributed by atoms with E-state index in [1.807, 2.05) is 42.5 Å². The van der Waals surface area contributed by atoms with Gasteiger partial charge in [0.2, 0.25) is 0 Å². The zero-order valence-electron chi connectivity index (χ0n) is 14.2. The van der Waals surface area contributed by atoms with Gasteiger partial charge in [0.25, 0.3) is 11.5 Å². The Morgan fingerprint density at radius 1 is 1.07 bits per heavy atom. The number of nitrogens with one attached hydrogen (secondary N) is 2. The fourth-order valence-electron chi connectivity index (χ4n) is 2.77. The van der Waals surface area contributed by atoms with Gasteiger partial charge in [0.1, 0.15) is 18.3 Å². The number of hydrogen-bond donors (Lipinski definition) is 2. The molecule has 27 heavy (non-hydrogen) atoms. The molecule has 2 aromatic carbocycles. The van der Waals surface area contributed by atoms with E-state index in [-0.39, 0.29) is 23.7 Å². The van der Waals surface area contributed by atoms with Crippen molar-refractivity contribution in [3.8, 4) is 11.4 Å². The lowest BCUT2D eigenvalue weighted by Crippen LogP contribution is -2.24. The second-order valence-corrected chi connectivity index (χ2v) is 5.83. The second-order valence-electron chi connectivity index (χ2n) is 5.83. The van der Waals surface area contributed by atoms with Crippen molar-refractivity contribution >= 4 is 5.91 Å². The molecular weight excluding hydrogens is 344 g/mol. The first-order chi connectivity index (χ1) is 13.2. The molecule has 8 nitrogen and oxygen atoms in total. The highest BCUT2D eigenvalue weighted by Gasteiger charge is 2.13. The lowest BCUT2D eigenvalue weighted by atomic mass is 10.1. The van der Waals surface area contributed by atoms with Crippen molar-refractivity contribution in [2.24, 2.45) is 0 Å². The fraction of sp³-hybridized carbons (Fsp3) is 0.0526. The van der Waals surface area contributed by atoms with Crippen LogP contribution < -0.4 is 10.9 Å². The number of amides is 1. The van der Waals surface area contributed by atoms with Gasteiger partial charge in [-0.1, -0.05) is 36.4 Å². The van der Waals surface area contributed by atoms with Crippen LogP contribution in [0.15, 0.2) is 78.1 Å². The molecule has 4 aromatic rings. The lowest BCUT2D eigenvalue weighted by molar-refractivity contribution is 0.0945. The van der Waals surface area contributed by atoms with E-state index in [0.717, 1.165) is 11.3 Å². The van der Waals surface area contributed by atoms with Crippen LogP contribution in [0, 0.1) is 0 Å². The molecule has 0 aliphatic carbocycles. The first kappa shape index (κ1) is 16.5. The van der Waals surface area contributed by atoms with Crippen LogP contribution in [-0.4, -0.2) is 30.5 Å². The van der Waals surface area contributed by atoms with Crippen LogP contribution in [-0.2, 0) is 6.54 Å². The number of nitrogens with zero attached hydrogens (tertiary/aromatic N) is 4. The standard InChI is InChI=1S/C19H16N6O2/c26-18-10-16(23-25(18)15-7-2-1-3-8-15)19(27)21-11-14-6-4-5-9-17(14)24-13-20-12-22-24/h1-10,12-13,23H,11H2,(H,21,27). The SMILES string of the molecule is O=C(NCc1ccccc1-n1cncn1)c1cc(=O)n(-c2ccccc2)[nH]1. The summed E-state index contributed by atoms with van der Waals surface area (Å²) in [5.74, 6) is -0.366. The minimum atomic E-state index is -0.366. The molecule has 0 aliphatic rings. The third-order valence-electron chi connectivity index (χ3n) is 4.08. The highest BCUT2D eigenvalue weighted by molar-refractivity contribution is 5.92. The minimum Gasteiger partial charge on any atom is -0.347 e. The van der Waals surface area contributed by atoms with Gasteiger partial charge in [-0.15, -0.1) is 0 Å². The molecule has 0 saturated carbocycles. The van der Waals surface area contributed by atoms with Crippen molar-refractivity contribution < 1.29 is 4.79 Å². The Hall–Kier alpha value is -3.94. The van der Waals surface area contributed by atoms with Gasteiger partial charge in [-0.05, 0) is 23.8 Å². The molecule has 4 rings (SSSR count). The van der Waals surface area contributed by atoms with Crippen LogP contribution in [0.4, 0.5) is 0 Å². The van der Waals surface area contributed by atoms with Gasteiger partial charge in [-0.2, -0.15) is 5.10 Å². The molecule has 0 fully saturated rings. The summed E-state index contributed by atoms with van der Waals surface area (Å²) < 4.78 is 2.97. The summed E-state index contributed by atoms with van der Waals surface area (Å²) in [5.41, 5.74) is 2.27. The number of carbonyl (C=O) groups is 1. The molecule has 2 N–H and O–H groups in total. The summed E-state index contributed by atoms with van der Waals surface area (Å²) in [6.45, 7) is 0.285. The van der Waals surface area contributed by atoms with Crippen molar-refractivity contribution in [1.29, 1.82) is 0 Å². The van der Waals surface area contributed by atoms with E-state index < -0.39 is 0 Å². The molecule has 0 aliphatic heterocycles. The topological polar surface area (TPSA) is 97.6 Å². The van der Waals surface area contributed by atoms with Crippen LogP contribution in [0.3, 0.4) is 0 Å². The molecule has 2 aromatic heterocycles. The largest absolute Gasteiger partial charge is 0.347 e. The molecule has 0 saturated heterocycles. The number of hydrogen-bond acceptors (Lipinski definition) is 4. The van der Waals surface area contributed by atoms with Gasteiger partial charge in [-0.3, -0.25) is 14.7 Å². The van der Waals surface area contributed by atoms with E-state index >= 15 is 0 Å². The van der Waals surface area contributed by atoms with Gasteiger partial charge < -0.3 is 5.32 Å². The predicted octanol–water partition coefficient (Wildman–Crippen LogP) is 1.68. The van der Waals surface area contributed by atoms with Crippen molar-refractivity contribution in [1.82, 2.24) is 29.9 Å². The zero-order chi connectivity index (χ0) is 18.6. The maximum Gasteiger partial charge on any atom is 0.271 e. The monoisotopic (exact) mass is 360 g/mol. The zero-order valence-corrected chi connectivity index (χ0v) is 14.2. The number of H-pyrrole nitrogens is 1. The Balaban J connectivity index is 1.52. The third-order valence-corrected chi connectivity index (χ3v) is 4.08. The third kappa shape index (κ3) is 3.40. The number of aromatic nitrogens is 5. The number of benzene rings is 2. The number of para-hydroxylation sites is 2. The lowest BCUT2D eigenvalue weighted by Gasteiger charge is -2.09. The highest BCUT2D eigenvalue weighted by atomic mass is 16.2. The first-order valence-electron chi connectivity index (χ1n) is 8.31. The van der Waals surface area contributed by atoms with Gasteiger partial charge in [0, 0.05) is 12.6 Å². The highest BCUT2D eigenvalue weighted by Crippen LogP contribution is 2.13. The Labute approximate surface area is 154 Å². The Kier molecular flexibility index (Phi) is 4.36. The summed E-state index contributed by atoms with van der Waals surface area (Å²) in [5, 5.41) is 9.79. The van der Waals surface area contributed by atoms with Crippen LogP contribution in [0.2, 0.25) is 0 Å². The van der Waals surface area contributed by atoms with Crippen LogP contribution in [0.1, 0.15) is 16.1 Å². The Bertz CT molecular complexity index is 1110. The average Bonchev–Trinajstić information content (AvgIpc) is 3.37. The summed E-state index contributed by atoms with van der Waals surface area (Å²) in [6.07, 6.45) is 3.05. The molecule has 8 heteroatoms. The van der Waals surface area contributed by atoms with E-state index in [2.05, 4.69) is 20.5 Å². The van der Waals surface area contributed by atoms with Crippen LogP contribution in [0.5, 0.6) is 0 Å². The number of carbonyl (C=O) groups excluding carboxylic acids is 1. The van der Waals surface area contributed by atoms with Gasteiger partial charge in [0.05, 0.1) is 11.4 Å². The minimum absolute atomic E-state index is 0.196. The maximum absolute atomic E-state index is 12.5. The van der Waals surface area contributed by atoms with Crippen LogP contribution >= 0.6 is 0 Å². The van der Waals surface area contributed by atoms with E-state index in [9.17, 15) is 9.59 Å². The quantitative estimate of drug-likeness (QED) is 0.566. The molecule has 1 amide bonds. The molecule has 0 spiro atoms. The molecule has 134 valence electrons. The van der Waals surface area contributed by atoms with Crippen molar-refractivity contribution in [3.63, 3.8) is 0 Å². The van der Waals surface area contributed by atoms with Gasteiger partial charge >= 0.3 is 0 Å². The van der Waals surface area contributed by atoms with Crippen molar-refractivity contribution in [3.05, 3.63) is 94.9 Å².